The lowest BCUT2D eigenvalue weighted by Crippen LogP contribution is -2.11. The molecular formula is C14H21ClO3S. The summed E-state index contributed by atoms with van der Waals surface area (Å²) in [5.41, 5.74) is 1.44. The van der Waals surface area contributed by atoms with E-state index < -0.39 is 9.05 Å². The fourth-order valence-electron chi connectivity index (χ4n) is 1.85. The Labute approximate surface area is 120 Å². The SMILES string of the molecule is Cc1cc(OCCC(C)(C)C)cc(C)c1S(=O)(=O)Cl. The molecule has 0 amide bonds. The number of ether oxygens (including phenoxy) is 1. The molecule has 1 aromatic carbocycles. The summed E-state index contributed by atoms with van der Waals surface area (Å²) in [6, 6.07) is 3.43. The van der Waals surface area contributed by atoms with Crippen molar-refractivity contribution in [2.75, 3.05) is 6.61 Å². The fraction of sp³-hybridized carbons (Fsp3) is 0.571. The Balaban J connectivity index is 2.91. The molecule has 0 aromatic heterocycles. The molecule has 1 rings (SSSR count). The van der Waals surface area contributed by atoms with Crippen molar-refractivity contribution in [1.82, 2.24) is 0 Å². The second-order valence-corrected chi connectivity index (χ2v) is 8.49. The van der Waals surface area contributed by atoms with Crippen LogP contribution in [-0.2, 0) is 9.05 Å². The van der Waals surface area contributed by atoms with E-state index in [1.165, 1.54) is 0 Å². The van der Waals surface area contributed by atoms with Gasteiger partial charge in [-0.2, -0.15) is 0 Å². The molecule has 0 N–H and O–H groups in total. The third kappa shape index (κ3) is 5.03. The molecule has 0 spiro atoms. The number of halogens is 1. The topological polar surface area (TPSA) is 43.4 Å². The predicted octanol–water partition coefficient (Wildman–Crippen LogP) is 4.05. The zero-order valence-electron chi connectivity index (χ0n) is 12.1. The van der Waals surface area contributed by atoms with Gasteiger partial charge >= 0.3 is 0 Å². The van der Waals surface area contributed by atoms with Crippen LogP contribution in [0.25, 0.3) is 0 Å². The van der Waals surface area contributed by atoms with E-state index in [-0.39, 0.29) is 10.3 Å². The molecule has 1 aromatic rings. The van der Waals surface area contributed by atoms with Crippen LogP contribution in [0.1, 0.15) is 38.3 Å². The Hall–Kier alpha value is -0.740. The molecule has 0 unspecified atom stereocenters. The van der Waals surface area contributed by atoms with Crippen molar-refractivity contribution in [1.29, 1.82) is 0 Å². The van der Waals surface area contributed by atoms with Crippen LogP contribution in [0.2, 0.25) is 0 Å². The summed E-state index contributed by atoms with van der Waals surface area (Å²) in [6.07, 6.45) is 0.931. The number of aryl methyl sites for hydroxylation is 2. The largest absolute Gasteiger partial charge is 0.494 e. The Bertz CT molecular complexity index is 534. The van der Waals surface area contributed by atoms with Crippen LogP contribution >= 0.6 is 10.7 Å². The average Bonchev–Trinajstić information content (AvgIpc) is 2.11. The van der Waals surface area contributed by atoms with E-state index in [2.05, 4.69) is 20.8 Å². The summed E-state index contributed by atoms with van der Waals surface area (Å²) < 4.78 is 28.6. The van der Waals surface area contributed by atoms with Gasteiger partial charge in [-0.05, 0) is 48.9 Å². The smallest absolute Gasteiger partial charge is 0.261 e. The fourth-order valence-corrected chi connectivity index (χ4v) is 3.47. The minimum absolute atomic E-state index is 0.178. The molecule has 0 bridgehead atoms. The van der Waals surface area contributed by atoms with Crippen molar-refractivity contribution < 1.29 is 13.2 Å². The van der Waals surface area contributed by atoms with Gasteiger partial charge in [-0.15, -0.1) is 0 Å². The third-order valence-corrected chi connectivity index (χ3v) is 4.39. The van der Waals surface area contributed by atoms with Crippen molar-refractivity contribution in [3.63, 3.8) is 0 Å². The monoisotopic (exact) mass is 304 g/mol. The second-order valence-electron chi connectivity index (χ2n) is 5.98. The zero-order valence-corrected chi connectivity index (χ0v) is 13.7. The number of hydrogen-bond donors (Lipinski definition) is 0. The maximum atomic E-state index is 11.5. The van der Waals surface area contributed by atoms with Gasteiger partial charge in [0.25, 0.3) is 9.05 Å². The van der Waals surface area contributed by atoms with Gasteiger partial charge in [0.15, 0.2) is 0 Å². The van der Waals surface area contributed by atoms with Crippen molar-refractivity contribution in [3.8, 4) is 5.75 Å². The van der Waals surface area contributed by atoms with Crippen molar-refractivity contribution in [2.45, 2.75) is 45.9 Å². The number of hydrogen-bond acceptors (Lipinski definition) is 3. The molecule has 0 saturated heterocycles. The molecular weight excluding hydrogens is 284 g/mol. The van der Waals surface area contributed by atoms with Crippen LogP contribution in [0.3, 0.4) is 0 Å². The molecule has 0 aliphatic carbocycles. The Morgan fingerprint density at radius 1 is 1.16 bits per heavy atom. The van der Waals surface area contributed by atoms with E-state index in [0.29, 0.717) is 23.5 Å². The maximum Gasteiger partial charge on any atom is 0.261 e. The van der Waals surface area contributed by atoms with Gasteiger partial charge in [-0.1, -0.05) is 20.8 Å². The molecule has 3 nitrogen and oxygen atoms in total. The number of rotatable bonds is 4. The molecule has 0 radical (unpaired) electrons. The van der Waals surface area contributed by atoms with Crippen LogP contribution in [0.5, 0.6) is 5.75 Å². The van der Waals surface area contributed by atoms with E-state index in [9.17, 15) is 8.42 Å². The van der Waals surface area contributed by atoms with Gasteiger partial charge in [0, 0.05) is 10.7 Å². The average molecular weight is 305 g/mol. The molecule has 0 heterocycles. The first-order chi connectivity index (χ1) is 8.50. The summed E-state index contributed by atoms with van der Waals surface area (Å²) in [7, 11) is 1.71. The van der Waals surface area contributed by atoms with E-state index >= 15 is 0 Å². The highest BCUT2D eigenvalue weighted by Gasteiger charge is 2.18. The lowest BCUT2D eigenvalue weighted by Gasteiger charge is -2.18. The van der Waals surface area contributed by atoms with Crippen LogP contribution in [-0.4, -0.2) is 15.0 Å². The summed E-state index contributed by atoms with van der Waals surface area (Å²) >= 11 is 0. The van der Waals surface area contributed by atoms with E-state index in [1.807, 2.05) is 0 Å². The quantitative estimate of drug-likeness (QED) is 0.788. The van der Waals surface area contributed by atoms with E-state index in [1.54, 1.807) is 26.0 Å². The highest BCUT2D eigenvalue weighted by Crippen LogP contribution is 2.28. The summed E-state index contributed by atoms with van der Waals surface area (Å²) in [6.45, 7) is 10.5. The van der Waals surface area contributed by atoms with Gasteiger partial charge in [0.2, 0.25) is 0 Å². The lowest BCUT2D eigenvalue weighted by atomic mass is 9.93. The highest BCUT2D eigenvalue weighted by atomic mass is 35.7. The van der Waals surface area contributed by atoms with Gasteiger partial charge in [0.1, 0.15) is 5.75 Å². The molecule has 5 heteroatoms. The summed E-state index contributed by atoms with van der Waals surface area (Å²) in [5, 5.41) is 0. The first-order valence-corrected chi connectivity index (χ1v) is 8.50. The van der Waals surface area contributed by atoms with Crippen LogP contribution in [0.4, 0.5) is 0 Å². The standard InChI is InChI=1S/C14H21ClO3S/c1-10-8-12(18-7-6-14(3,4)5)9-11(2)13(10)19(15,16)17/h8-9H,6-7H2,1-5H3. The lowest BCUT2D eigenvalue weighted by molar-refractivity contribution is 0.242. The highest BCUT2D eigenvalue weighted by molar-refractivity contribution is 8.13. The Morgan fingerprint density at radius 2 is 1.63 bits per heavy atom. The molecule has 0 aliphatic rings. The molecule has 108 valence electrons. The van der Waals surface area contributed by atoms with Crippen LogP contribution in [0.15, 0.2) is 17.0 Å². The molecule has 0 saturated carbocycles. The first kappa shape index (κ1) is 16.3. The van der Waals surface area contributed by atoms with Gasteiger partial charge < -0.3 is 4.74 Å². The van der Waals surface area contributed by atoms with Crippen molar-refractivity contribution in [2.24, 2.45) is 5.41 Å². The zero-order chi connectivity index (χ0) is 14.8. The van der Waals surface area contributed by atoms with E-state index in [4.69, 9.17) is 15.4 Å². The minimum Gasteiger partial charge on any atom is -0.494 e. The molecule has 0 fully saturated rings. The van der Waals surface area contributed by atoms with Crippen LogP contribution in [0, 0.1) is 19.3 Å². The van der Waals surface area contributed by atoms with Crippen LogP contribution < -0.4 is 4.74 Å². The van der Waals surface area contributed by atoms with Crippen molar-refractivity contribution >= 4 is 19.7 Å². The second kappa shape index (κ2) is 5.71. The molecule has 0 atom stereocenters. The summed E-state index contributed by atoms with van der Waals surface area (Å²) in [4.78, 5) is 0.178. The molecule has 19 heavy (non-hydrogen) atoms. The van der Waals surface area contributed by atoms with Gasteiger partial charge in [0.05, 0.1) is 11.5 Å². The predicted molar refractivity (Wildman–Crippen MR) is 78.5 cm³/mol. The van der Waals surface area contributed by atoms with Gasteiger partial charge in [-0.25, -0.2) is 8.42 Å². The maximum absolute atomic E-state index is 11.5. The van der Waals surface area contributed by atoms with Crippen molar-refractivity contribution in [3.05, 3.63) is 23.3 Å². The Kier molecular flexibility index (Phi) is 4.91. The third-order valence-electron chi connectivity index (χ3n) is 2.80. The first-order valence-electron chi connectivity index (χ1n) is 6.19. The normalized spacial score (nSPS) is 12.5. The molecule has 0 aliphatic heterocycles. The minimum atomic E-state index is -3.71. The Morgan fingerprint density at radius 3 is 2.00 bits per heavy atom. The summed E-state index contributed by atoms with van der Waals surface area (Å²) in [5.74, 6) is 0.684. The van der Waals surface area contributed by atoms with Gasteiger partial charge in [-0.3, -0.25) is 0 Å². The number of benzene rings is 1. The van der Waals surface area contributed by atoms with E-state index in [0.717, 1.165) is 6.42 Å².